The molecule has 3 aromatic rings. The fourth-order valence-electron chi connectivity index (χ4n) is 2.67. The lowest BCUT2D eigenvalue weighted by molar-refractivity contribution is 0.976. The Hall–Kier alpha value is -3.08. The SMILES string of the molecule is Cc1cc(Nc2ccc(N(C)C)cc2)nc(NCCc2ccccc2)n1. The third-order valence-electron chi connectivity index (χ3n) is 4.05. The molecule has 0 bridgehead atoms. The zero-order valence-corrected chi connectivity index (χ0v) is 15.5. The molecule has 0 fully saturated rings. The molecule has 1 heterocycles. The molecule has 0 amide bonds. The van der Waals surface area contributed by atoms with Crippen LogP contribution in [-0.4, -0.2) is 30.6 Å². The second kappa shape index (κ2) is 8.34. The summed E-state index contributed by atoms with van der Waals surface area (Å²) >= 11 is 0. The number of anilines is 4. The van der Waals surface area contributed by atoms with Gasteiger partial charge in [0.25, 0.3) is 0 Å². The van der Waals surface area contributed by atoms with Crippen LogP contribution in [0.5, 0.6) is 0 Å². The lowest BCUT2D eigenvalue weighted by Gasteiger charge is -2.14. The second-order valence-electron chi connectivity index (χ2n) is 6.45. The van der Waals surface area contributed by atoms with Gasteiger partial charge in [0.15, 0.2) is 0 Å². The molecule has 0 aliphatic rings. The van der Waals surface area contributed by atoms with E-state index in [2.05, 4.69) is 74.0 Å². The predicted molar refractivity (Wildman–Crippen MR) is 109 cm³/mol. The Balaban J connectivity index is 1.63. The van der Waals surface area contributed by atoms with Crippen LogP contribution in [0.2, 0.25) is 0 Å². The normalized spacial score (nSPS) is 10.4. The lowest BCUT2D eigenvalue weighted by atomic mass is 10.1. The highest BCUT2D eigenvalue weighted by Crippen LogP contribution is 2.20. The van der Waals surface area contributed by atoms with E-state index in [-0.39, 0.29) is 0 Å². The number of hydrogen-bond donors (Lipinski definition) is 2. The third kappa shape index (κ3) is 4.96. The minimum atomic E-state index is 0.647. The summed E-state index contributed by atoms with van der Waals surface area (Å²) in [4.78, 5) is 11.1. The Labute approximate surface area is 155 Å². The number of nitrogens with zero attached hydrogens (tertiary/aromatic N) is 3. The molecule has 0 saturated heterocycles. The summed E-state index contributed by atoms with van der Waals surface area (Å²) in [6.07, 6.45) is 0.937. The molecule has 2 aromatic carbocycles. The molecule has 0 spiro atoms. The van der Waals surface area contributed by atoms with E-state index in [0.717, 1.165) is 35.9 Å². The van der Waals surface area contributed by atoms with Gasteiger partial charge in [-0.3, -0.25) is 0 Å². The van der Waals surface area contributed by atoms with E-state index in [4.69, 9.17) is 0 Å². The Morgan fingerprint density at radius 2 is 1.65 bits per heavy atom. The number of hydrogen-bond acceptors (Lipinski definition) is 5. The second-order valence-corrected chi connectivity index (χ2v) is 6.45. The zero-order chi connectivity index (χ0) is 18.4. The fraction of sp³-hybridized carbons (Fsp3) is 0.238. The maximum Gasteiger partial charge on any atom is 0.224 e. The van der Waals surface area contributed by atoms with Crippen molar-refractivity contribution in [3.05, 3.63) is 71.9 Å². The van der Waals surface area contributed by atoms with Crippen LogP contribution in [0.15, 0.2) is 60.7 Å². The average Bonchev–Trinajstić information content (AvgIpc) is 2.62. The van der Waals surface area contributed by atoms with Gasteiger partial charge in [-0.2, -0.15) is 4.98 Å². The summed E-state index contributed by atoms with van der Waals surface area (Å²) in [5, 5.41) is 6.67. The van der Waals surface area contributed by atoms with Crippen LogP contribution in [0.1, 0.15) is 11.3 Å². The van der Waals surface area contributed by atoms with Crippen molar-refractivity contribution < 1.29 is 0 Å². The smallest absolute Gasteiger partial charge is 0.224 e. The number of aryl methyl sites for hydroxylation is 1. The highest BCUT2D eigenvalue weighted by atomic mass is 15.1. The molecule has 0 radical (unpaired) electrons. The van der Waals surface area contributed by atoms with Crippen LogP contribution in [0.3, 0.4) is 0 Å². The number of benzene rings is 2. The van der Waals surface area contributed by atoms with E-state index < -0.39 is 0 Å². The first-order chi connectivity index (χ1) is 12.6. The highest BCUT2D eigenvalue weighted by Gasteiger charge is 2.04. The summed E-state index contributed by atoms with van der Waals surface area (Å²) in [5.74, 6) is 1.44. The molecule has 1 aromatic heterocycles. The van der Waals surface area contributed by atoms with E-state index >= 15 is 0 Å². The van der Waals surface area contributed by atoms with Crippen LogP contribution < -0.4 is 15.5 Å². The van der Waals surface area contributed by atoms with Crippen molar-refractivity contribution in [1.82, 2.24) is 9.97 Å². The molecule has 26 heavy (non-hydrogen) atoms. The van der Waals surface area contributed by atoms with Crippen LogP contribution in [0.25, 0.3) is 0 Å². The van der Waals surface area contributed by atoms with Crippen LogP contribution >= 0.6 is 0 Å². The minimum Gasteiger partial charge on any atom is -0.378 e. The average molecular weight is 347 g/mol. The molecule has 2 N–H and O–H groups in total. The molecule has 0 aliphatic carbocycles. The van der Waals surface area contributed by atoms with E-state index in [1.54, 1.807) is 0 Å². The topological polar surface area (TPSA) is 53.1 Å². The summed E-state index contributed by atoms with van der Waals surface area (Å²) < 4.78 is 0. The summed E-state index contributed by atoms with van der Waals surface area (Å²) in [7, 11) is 4.06. The van der Waals surface area contributed by atoms with Crippen molar-refractivity contribution in [2.75, 3.05) is 36.2 Å². The molecule has 134 valence electrons. The van der Waals surface area contributed by atoms with Gasteiger partial charge in [-0.1, -0.05) is 30.3 Å². The Morgan fingerprint density at radius 1 is 0.923 bits per heavy atom. The Kier molecular flexibility index (Phi) is 5.69. The van der Waals surface area contributed by atoms with Crippen molar-refractivity contribution in [2.45, 2.75) is 13.3 Å². The van der Waals surface area contributed by atoms with Crippen molar-refractivity contribution in [2.24, 2.45) is 0 Å². The summed E-state index contributed by atoms with van der Waals surface area (Å²) in [5.41, 5.74) is 4.39. The van der Waals surface area contributed by atoms with Crippen molar-refractivity contribution in [1.29, 1.82) is 0 Å². The van der Waals surface area contributed by atoms with Crippen LogP contribution in [0.4, 0.5) is 23.1 Å². The molecule has 0 atom stereocenters. The van der Waals surface area contributed by atoms with Gasteiger partial charge in [-0.05, 0) is 43.2 Å². The maximum atomic E-state index is 4.57. The molecule has 0 saturated carbocycles. The first-order valence-corrected chi connectivity index (χ1v) is 8.78. The quantitative estimate of drug-likeness (QED) is 0.669. The standard InChI is InChI=1S/C21H25N5/c1-16-15-20(24-18-9-11-19(12-10-18)26(2)3)25-21(23-16)22-14-13-17-7-5-4-6-8-17/h4-12,15H,13-14H2,1-3H3,(H2,22,23,24,25). The summed E-state index contributed by atoms with van der Waals surface area (Å²) in [6.45, 7) is 2.77. The van der Waals surface area contributed by atoms with Crippen molar-refractivity contribution in [3.63, 3.8) is 0 Å². The fourth-order valence-corrected chi connectivity index (χ4v) is 2.67. The van der Waals surface area contributed by atoms with Gasteiger partial charge in [-0.15, -0.1) is 0 Å². The van der Waals surface area contributed by atoms with Gasteiger partial charge >= 0.3 is 0 Å². The molecular weight excluding hydrogens is 322 g/mol. The van der Waals surface area contributed by atoms with Gasteiger partial charge in [0, 0.05) is 43.8 Å². The van der Waals surface area contributed by atoms with Gasteiger partial charge in [-0.25, -0.2) is 4.98 Å². The summed E-state index contributed by atoms with van der Waals surface area (Å²) in [6, 6.07) is 20.6. The van der Waals surface area contributed by atoms with Crippen LogP contribution in [0, 0.1) is 6.92 Å². The zero-order valence-electron chi connectivity index (χ0n) is 15.5. The molecule has 0 unspecified atom stereocenters. The molecule has 3 rings (SSSR count). The van der Waals surface area contributed by atoms with Crippen LogP contribution in [-0.2, 0) is 6.42 Å². The van der Waals surface area contributed by atoms with E-state index in [0.29, 0.717) is 5.95 Å². The largest absolute Gasteiger partial charge is 0.378 e. The third-order valence-corrected chi connectivity index (χ3v) is 4.05. The van der Waals surface area contributed by atoms with E-state index in [9.17, 15) is 0 Å². The monoisotopic (exact) mass is 347 g/mol. The van der Waals surface area contributed by atoms with E-state index in [1.807, 2.05) is 33.2 Å². The predicted octanol–water partition coefficient (Wildman–Crippen LogP) is 4.25. The molecule has 5 heteroatoms. The molecule has 0 aliphatic heterocycles. The van der Waals surface area contributed by atoms with Gasteiger partial charge in [0.05, 0.1) is 0 Å². The lowest BCUT2D eigenvalue weighted by Crippen LogP contribution is -2.10. The molecule has 5 nitrogen and oxygen atoms in total. The highest BCUT2D eigenvalue weighted by molar-refractivity contribution is 5.61. The Bertz CT molecular complexity index is 829. The maximum absolute atomic E-state index is 4.57. The Morgan fingerprint density at radius 3 is 2.35 bits per heavy atom. The van der Waals surface area contributed by atoms with E-state index in [1.165, 1.54) is 5.56 Å². The number of aromatic nitrogens is 2. The van der Waals surface area contributed by atoms with Gasteiger partial charge < -0.3 is 15.5 Å². The van der Waals surface area contributed by atoms with Gasteiger partial charge in [0.2, 0.25) is 5.95 Å². The number of nitrogens with one attached hydrogen (secondary N) is 2. The first-order valence-electron chi connectivity index (χ1n) is 8.78. The first kappa shape index (κ1) is 17.7. The van der Waals surface area contributed by atoms with Gasteiger partial charge in [0.1, 0.15) is 5.82 Å². The number of rotatable bonds is 7. The van der Waals surface area contributed by atoms with Crippen molar-refractivity contribution in [3.8, 4) is 0 Å². The van der Waals surface area contributed by atoms with Crippen molar-refractivity contribution >= 4 is 23.1 Å². The molecular formula is C21H25N5. The minimum absolute atomic E-state index is 0.647.